The van der Waals surface area contributed by atoms with Crippen molar-refractivity contribution in [3.05, 3.63) is 265 Å². The number of carboxylic acids is 4. The summed E-state index contributed by atoms with van der Waals surface area (Å²) in [6.07, 6.45) is -1.81. The van der Waals surface area contributed by atoms with Gasteiger partial charge in [-0.3, -0.25) is 29.3 Å². The smallest absolute Gasteiger partial charge is 0.411 e. The van der Waals surface area contributed by atoms with Gasteiger partial charge in [-0.1, -0.05) is 48.5 Å². The largest absolute Gasteiger partial charge is 0.507 e. The number of carbonyl (C=O) groups is 8. The summed E-state index contributed by atoms with van der Waals surface area (Å²) in [5.41, 5.74) is 0.922. The summed E-state index contributed by atoms with van der Waals surface area (Å²) in [5, 5.41) is 133. The van der Waals surface area contributed by atoms with E-state index < -0.39 is 137 Å². The van der Waals surface area contributed by atoms with Gasteiger partial charge in [0.1, 0.15) is 68.4 Å². The normalized spacial score (nSPS) is 11.1. The molecule has 136 heavy (non-hydrogen) atoms. The zero-order valence-corrected chi connectivity index (χ0v) is 86.0. The number of aromatic carboxylic acids is 2. The molecule has 16 N–H and O–H groups in total. The van der Waals surface area contributed by atoms with Crippen molar-refractivity contribution < 1.29 is 124 Å². The second kappa shape index (κ2) is 48.7. The molecule has 0 bridgehead atoms. The van der Waals surface area contributed by atoms with Crippen molar-refractivity contribution >= 4 is 380 Å². The summed E-state index contributed by atoms with van der Waals surface area (Å²) in [6, 6.07) is 57.2. The van der Waals surface area contributed by atoms with Crippen molar-refractivity contribution in [2.75, 3.05) is 58.3 Å². The number of fused-ring (bicyclic) bond motifs is 4. The maximum atomic E-state index is 13.0. The number of carboxylic acid groups (broad SMARTS) is 4. The Balaban J connectivity index is 0.00000379. The maximum absolute atomic E-state index is 13.0. The van der Waals surface area contributed by atoms with Gasteiger partial charge in [-0.2, -0.15) is 27.1 Å². The van der Waals surface area contributed by atoms with Crippen molar-refractivity contribution in [2.45, 2.75) is 9.79 Å². The van der Waals surface area contributed by atoms with E-state index in [1.165, 1.54) is 121 Å². The van der Waals surface area contributed by atoms with Crippen LogP contribution in [0, 0.1) is 0 Å². The Morgan fingerprint density at radius 2 is 0.640 bits per heavy atom. The van der Waals surface area contributed by atoms with E-state index in [2.05, 4.69) is 72.8 Å². The minimum absolute atomic E-state index is 0. The monoisotopic (exact) mass is 1930 g/mol. The molecule has 6 radical (unpaired) electrons. The molecule has 0 aliphatic carbocycles. The number of phenols is 4. The summed E-state index contributed by atoms with van der Waals surface area (Å²) in [7, 11) is -10.3. The Labute approximate surface area is 901 Å². The zero-order valence-electron chi connectivity index (χ0n) is 72.3. The van der Waals surface area contributed by atoms with E-state index in [9.17, 15) is 105 Å². The quantitative estimate of drug-likeness (QED) is 0.00631. The number of benzene rings is 14. The second-order valence-electron chi connectivity index (χ2n) is 27.7. The van der Waals surface area contributed by atoms with Crippen LogP contribution in [0.5, 0.6) is 34.5 Å². The number of amides is 4. The Morgan fingerprint density at radius 1 is 0.316 bits per heavy atom. The molecule has 0 aliphatic rings. The van der Waals surface area contributed by atoms with Gasteiger partial charge < -0.3 is 81.1 Å². The molecular formula is C88H64N14Na6O26S2. The van der Waals surface area contributed by atoms with Crippen LogP contribution < -0.4 is 41.4 Å². The molecule has 48 heteroatoms. The SMILES string of the molecule is O=C(O)COc1cc(N=Nc2c(S(=O)(=O)O)cc3cc(Nc4ccc(NC(=O)OCCOC(=O)Nc5ccc(Nc6ccc7c(O)c(N=Nc8cc(OCC(=O)O)c(N=Nc9ccc(C(=O)Nc%10ccc(O)c(C(=O)O)c%10)cc9)c9ccccc89)c(S(=O)(=O)O)cc7c6)cc5)cc4)ccc3c2O)c2ccccc2c1N=Nc1ccc(C(=O)Nc2ccc(O)c(C(=O)O)c2)cc1.[Na].[Na].[Na].[Na].[Na].[Na]. The van der Waals surface area contributed by atoms with Gasteiger partial charge >= 0.3 is 36.1 Å². The van der Waals surface area contributed by atoms with Gasteiger partial charge in [-0.15, -0.1) is 30.7 Å². The molecule has 0 heterocycles. The number of aromatic hydroxyl groups is 4. The molecule has 0 fully saturated rings. The van der Waals surface area contributed by atoms with Crippen LogP contribution in [0.15, 0.2) is 293 Å². The average Bonchev–Trinajstić information content (AvgIpc) is 0.770. The number of nitrogens with zero attached hydrogens (tertiary/aromatic N) is 8. The molecule has 14 aromatic carbocycles. The number of hydrogen-bond donors (Lipinski definition) is 16. The maximum Gasteiger partial charge on any atom is 0.411 e. The number of rotatable bonds is 31. The molecular weight excluding hydrogens is 1870 g/mol. The Kier molecular flexibility index (Phi) is 39.2. The summed E-state index contributed by atoms with van der Waals surface area (Å²) in [6.45, 7) is -2.47. The Hall–Kier alpha value is -11.9. The van der Waals surface area contributed by atoms with Gasteiger partial charge in [0.05, 0.1) is 22.7 Å². The molecule has 0 aliphatic heterocycles. The fourth-order valence-electron chi connectivity index (χ4n) is 12.9. The standard InChI is InChI=1S/C88H64N14O26S2.6Na/c103-69-31-27-57(39-65(69)85(113)114)91-83(111)45-9-13-53(14-10-45)95-99-77-63-7-3-1-5-61(63)67(41-71(77)127-43-75(105)106)97-101-79-73(129(119,120)121)37-47-35-55(25-29-59(47)81(79)109)89-49-17-21-51(22-18-49)93-87(117)125-33-34-126-88(118)94-52-23-19-50(20-24-52)90-56-26-30-60-48(36-56)38-74(130(122,123)124)80(82(60)110)102-98-68-42-72(128-44-76(107)108)78(64-8-4-2-6-62(64)68)100-96-54-15-11-46(12-16-54)84(112)92-58-28-32-70(104)66(40-58)86(115)116;;;;;;/h1-32,35-42,89-90,103-104,109-110H,33-34,43-44H2,(H,91,111)(H,92,112)(H,93,117)(H,94,118)(H,105,106)(H,107,108)(H,113,114)(H,115,116)(H,119,120,121)(H,122,123,124);;;;;;. The van der Waals surface area contributed by atoms with Crippen molar-refractivity contribution in [3.8, 4) is 34.5 Å². The molecule has 0 atom stereocenters. The molecule has 0 aromatic heterocycles. The van der Waals surface area contributed by atoms with Crippen LogP contribution in [0.4, 0.5) is 101 Å². The van der Waals surface area contributed by atoms with Crippen LogP contribution in [0.3, 0.4) is 0 Å². The molecule has 40 nitrogen and oxygen atoms in total. The van der Waals surface area contributed by atoms with Crippen molar-refractivity contribution in [1.82, 2.24) is 0 Å². The fraction of sp³-hybridized carbons (Fsp3) is 0.0455. The molecule has 0 saturated carbocycles. The molecule has 0 spiro atoms. The van der Waals surface area contributed by atoms with Gasteiger partial charge in [0, 0.05) is 278 Å². The van der Waals surface area contributed by atoms with Gasteiger partial charge in [0.15, 0.2) is 36.2 Å². The van der Waals surface area contributed by atoms with Crippen molar-refractivity contribution in [3.63, 3.8) is 0 Å². The van der Waals surface area contributed by atoms with Crippen LogP contribution in [0.2, 0.25) is 0 Å². The van der Waals surface area contributed by atoms with Gasteiger partial charge in [0.25, 0.3) is 32.1 Å². The van der Waals surface area contributed by atoms with E-state index in [-0.39, 0.29) is 302 Å². The van der Waals surface area contributed by atoms with Crippen LogP contribution >= 0.6 is 0 Å². The van der Waals surface area contributed by atoms with Crippen LogP contribution in [-0.2, 0) is 39.3 Å². The summed E-state index contributed by atoms with van der Waals surface area (Å²) < 4.78 is 94.8. The first-order chi connectivity index (χ1) is 62.2. The average molecular weight is 1940 g/mol. The predicted octanol–water partition coefficient (Wildman–Crippen LogP) is 17.1. The topological polar surface area (TPSA) is 615 Å². The predicted molar refractivity (Wildman–Crippen MR) is 505 cm³/mol. The zero-order chi connectivity index (χ0) is 92.2. The first-order valence-electron chi connectivity index (χ1n) is 37.8. The number of aliphatic carboxylic acids is 2. The Bertz CT molecular complexity index is 6940. The molecule has 660 valence electrons. The fourth-order valence-corrected chi connectivity index (χ4v) is 14.2. The number of phenolic OH excluding ortho intramolecular Hbond substituents is 2. The van der Waals surface area contributed by atoms with Crippen LogP contribution in [0.25, 0.3) is 43.1 Å². The van der Waals surface area contributed by atoms with E-state index in [1.807, 2.05) is 0 Å². The second-order valence-corrected chi connectivity index (χ2v) is 30.5. The number of ether oxygens (including phenoxy) is 4. The van der Waals surface area contributed by atoms with E-state index >= 15 is 0 Å². The molecule has 0 saturated heterocycles. The summed E-state index contributed by atoms with van der Waals surface area (Å²) >= 11 is 0. The first-order valence-corrected chi connectivity index (χ1v) is 40.7. The number of azo groups is 4. The third-order valence-corrected chi connectivity index (χ3v) is 20.7. The van der Waals surface area contributed by atoms with Gasteiger partial charge in [-0.05, 0) is 193 Å². The number of anilines is 8. The minimum Gasteiger partial charge on any atom is -0.507 e. The first kappa shape index (κ1) is 109. The van der Waals surface area contributed by atoms with Crippen molar-refractivity contribution in [1.29, 1.82) is 0 Å². The third-order valence-electron chi connectivity index (χ3n) is 18.9. The summed E-state index contributed by atoms with van der Waals surface area (Å²) in [5.74, 6) is -9.53. The van der Waals surface area contributed by atoms with Crippen molar-refractivity contribution in [2.24, 2.45) is 40.9 Å². The Morgan fingerprint density at radius 3 is 0.978 bits per heavy atom. The van der Waals surface area contributed by atoms with E-state index in [0.717, 1.165) is 36.4 Å². The van der Waals surface area contributed by atoms with E-state index in [4.69, 9.17) is 18.9 Å². The van der Waals surface area contributed by atoms with Crippen LogP contribution in [-0.4, -0.2) is 318 Å². The van der Waals surface area contributed by atoms with E-state index in [0.29, 0.717) is 33.5 Å². The number of carbonyl (C=O) groups excluding carboxylic acids is 4. The number of hydrogen-bond acceptors (Lipinski definition) is 30. The van der Waals surface area contributed by atoms with E-state index in [1.54, 1.807) is 84.9 Å². The summed E-state index contributed by atoms with van der Waals surface area (Å²) in [4.78, 5) is 96.5. The minimum atomic E-state index is -5.15. The van der Waals surface area contributed by atoms with Crippen LogP contribution in [0.1, 0.15) is 41.4 Å². The molecule has 4 amide bonds. The molecule has 14 aromatic rings. The van der Waals surface area contributed by atoms with Gasteiger partial charge in [0.2, 0.25) is 0 Å². The van der Waals surface area contributed by atoms with Gasteiger partial charge in [-0.25, -0.2) is 28.8 Å². The molecule has 14 rings (SSSR count). The number of nitrogens with one attached hydrogen (secondary N) is 6. The molecule has 0 unspecified atom stereocenters. The third kappa shape index (κ3) is 27.5.